The Morgan fingerprint density at radius 1 is 0.837 bits per heavy atom. The van der Waals surface area contributed by atoms with Crippen LogP contribution in [0.25, 0.3) is 22.0 Å². The third kappa shape index (κ3) is 10.3. The summed E-state index contributed by atoms with van der Waals surface area (Å²) in [5, 5.41) is 12.8. The number of nitrogens with one attached hydrogen (secondary N) is 3. The number of hydrogen-bond donors (Lipinski definition) is 4. The highest BCUT2D eigenvalue weighted by molar-refractivity contribution is 5.84. The van der Waals surface area contributed by atoms with E-state index in [1.54, 1.807) is 11.7 Å². The number of nitrogens with zero attached hydrogens (tertiary/aromatic N) is 2. The van der Waals surface area contributed by atoms with Gasteiger partial charge in [0.05, 0.1) is 13.0 Å². The second kappa shape index (κ2) is 17.6. The average molecular weight is 662 g/mol. The van der Waals surface area contributed by atoms with Crippen LogP contribution in [0, 0.1) is 6.92 Å². The van der Waals surface area contributed by atoms with Crippen LogP contribution < -0.4 is 15.5 Å². The molecule has 3 aromatic carbocycles. The molecule has 0 saturated heterocycles. The lowest BCUT2D eigenvalue weighted by atomic mass is 10.1. The van der Waals surface area contributed by atoms with Crippen molar-refractivity contribution in [1.29, 1.82) is 0 Å². The Hall–Kier alpha value is -5.48. The number of aromatic amines is 1. The predicted octanol–water partition coefficient (Wildman–Crippen LogP) is 5.91. The first kappa shape index (κ1) is 34.8. The number of amides is 3. The van der Waals surface area contributed by atoms with Crippen LogP contribution in [0.1, 0.15) is 48.2 Å². The molecule has 0 saturated carbocycles. The molecule has 254 valence electrons. The van der Waals surface area contributed by atoms with E-state index < -0.39 is 5.91 Å². The number of H-pyrrole nitrogens is 1. The molecule has 5 aromatic rings. The van der Waals surface area contributed by atoms with Crippen molar-refractivity contribution in [2.75, 3.05) is 19.7 Å². The average Bonchev–Trinajstić information content (AvgIpc) is 3.46. The van der Waals surface area contributed by atoms with E-state index in [-0.39, 0.29) is 24.7 Å². The fraction of sp³-hybridized carbons (Fsp3) is 0.282. The molecular weight excluding hydrogens is 618 g/mol. The van der Waals surface area contributed by atoms with Crippen molar-refractivity contribution in [2.45, 2.75) is 52.0 Å². The van der Waals surface area contributed by atoms with Crippen molar-refractivity contribution in [2.24, 2.45) is 0 Å². The van der Waals surface area contributed by atoms with E-state index in [4.69, 9.17) is 9.94 Å². The zero-order valence-electron chi connectivity index (χ0n) is 27.8. The number of aromatic nitrogens is 2. The van der Waals surface area contributed by atoms with Crippen LogP contribution in [-0.4, -0.2) is 57.5 Å². The Balaban J connectivity index is 1.13. The topological polar surface area (TPSA) is 137 Å². The predicted molar refractivity (Wildman–Crippen MR) is 189 cm³/mol. The van der Waals surface area contributed by atoms with Crippen molar-refractivity contribution in [3.63, 3.8) is 0 Å². The normalized spacial score (nSPS) is 10.9. The molecule has 0 atom stereocenters. The minimum atomic E-state index is -0.453. The largest absolute Gasteiger partial charge is 0.492 e. The van der Waals surface area contributed by atoms with Gasteiger partial charge in [0.25, 0.3) is 0 Å². The molecule has 49 heavy (non-hydrogen) atoms. The Morgan fingerprint density at radius 2 is 1.57 bits per heavy atom. The first-order valence-electron chi connectivity index (χ1n) is 16.7. The highest BCUT2D eigenvalue weighted by Gasteiger charge is 2.16. The minimum absolute atomic E-state index is 0.00507. The molecule has 0 aliphatic carbocycles. The Kier molecular flexibility index (Phi) is 12.5. The number of carbonyl (C=O) groups excluding carboxylic acids is 3. The van der Waals surface area contributed by atoms with Crippen molar-refractivity contribution in [3.8, 4) is 16.9 Å². The molecule has 4 N–H and O–H groups in total. The van der Waals surface area contributed by atoms with Gasteiger partial charge in [0.1, 0.15) is 12.4 Å². The standard InChI is InChI=1S/C39H43N5O5/c1-28-34(35-11-5-6-12-36(35)42-28)21-22-44(39(47)14-8-7-13-37(45)43-48)23-24-49-33-19-16-30(17-20-33)31-15-18-32(40-27-31)25-38(46)41-26-29-9-3-2-4-10-29/h2-6,9-12,15-20,27,42,48H,7-8,13-14,21-26H2,1H3,(H,41,46)(H,43,45). The summed E-state index contributed by atoms with van der Waals surface area (Å²) in [5.74, 6) is 0.167. The van der Waals surface area contributed by atoms with Gasteiger partial charge >= 0.3 is 0 Å². The van der Waals surface area contributed by atoms with Crippen molar-refractivity contribution < 1.29 is 24.3 Å². The summed E-state index contributed by atoms with van der Waals surface area (Å²) < 4.78 is 6.06. The molecule has 2 heterocycles. The molecule has 0 unspecified atom stereocenters. The van der Waals surface area contributed by atoms with E-state index in [1.165, 1.54) is 5.56 Å². The molecule has 10 nitrogen and oxygen atoms in total. The number of pyridine rings is 1. The quantitative estimate of drug-likeness (QED) is 0.0556. The molecule has 0 aliphatic rings. The minimum Gasteiger partial charge on any atom is -0.492 e. The van der Waals surface area contributed by atoms with Gasteiger partial charge in [-0.1, -0.05) is 66.7 Å². The molecule has 0 radical (unpaired) electrons. The van der Waals surface area contributed by atoms with Crippen LogP contribution in [-0.2, 0) is 33.8 Å². The first-order valence-corrected chi connectivity index (χ1v) is 16.7. The molecule has 2 aromatic heterocycles. The number of benzene rings is 3. The first-order chi connectivity index (χ1) is 23.9. The van der Waals surface area contributed by atoms with Crippen LogP contribution >= 0.6 is 0 Å². The number of hydrogen-bond acceptors (Lipinski definition) is 6. The molecule has 3 amide bonds. The van der Waals surface area contributed by atoms with Crippen LogP contribution in [0.2, 0.25) is 0 Å². The van der Waals surface area contributed by atoms with Crippen molar-refractivity contribution in [1.82, 2.24) is 25.7 Å². The van der Waals surface area contributed by atoms with Crippen LogP contribution in [0.4, 0.5) is 0 Å². The fourth-order valence-electron chi connectivity index (χ4n) is 5.78. The summed E-state index contributed by atoms with van der Waals surface area (Å²) in [4.78, 5) is 46.8. The maximum absolute atomic E-state index is 13.3. The summed E-state index contributed by atoms with van der Waals surface area (Å²) in [7, 11) is 0. The molecule has 5 rings (SSSR count). The van der Waals surface area contributed by atoms with Gasteiger partial charge in [-0.3, -0.25) is 24.6 Å². The van der Waals surface area contributed by atoms with Gasteiger partial charge in [-0.05, 0) is 67.1 Å². The number of ether oxygens (including phenoxy) is 1. The Morgan fingerprint density at radius 3 is 2.33 bits per heavy atom. The molecule has 10 heteroatoms. The van der Waals surface area contributed by atoms with E-state index in [0.29, 0.717) is 63.4 Å². The van der Waals surface area contributed by atoms with Crippen LogP contribution in [0.3, 0.4) is 0 Å². The van der Waals surface area contributed by atoms with Crippen LogP contribution in [0.5, 0.6) is 5.75 Å². The summed E-state index contributed by atoms with van der Waals surface area (Å²) in [6.07, 6.45) is 4.23. The van der Waals surface area contributed by atoms with Gasteiger partial charge in [-0.15, -0.1) is 0 Å². The number of aryl methyl sites for hydroxylation is 1. The SMILES string of the molecule is Cc1[nH]c2ccccc2c1CCN(CCOc1ccc(-c2ccc(CC(=O)NCc3ccccc3)nc2)cc1)C(=O)CCCCC(=O)NO. The van der Waals surface area contributed by atoms with E-state index in [0.717, 1.165) is 33.3 Å². The summed E-state index contributed by atoms with van der Waals surface area (Å²) in [6.45, 7) is 3.83. The van der Waals surface area contributed by atoms with Crippen molar-refractivity contribution in [3.05, 3.63) is 120 Å². The molecular formula is C39H43N5O5. The maximum Gasteiger partial charge on any atom is 0.243 e. The number of carbonyl (C=O) groups is 3. The molecule has 0 aliphatic heterocycles. The highest BCUT2D eigenvalue weighted by atomic mass is 16.5. The number of hydroxylamine groups is 1. The summed E-state index contributed by atoms with van der Waals surface area (Å²) in [6, 6.07) is 29.5. The summed E-state index contributed by atoms with van der Waals surface area (Å²) >= 11 is 0. The van der Waals surface area contributed by atoms with Gasteiger partial charge in [0.2, 0.25) is 17.7 Å². The summed E-state index contributed by atoms with van der Waals surface area (Å²) in [5.41, 5.74) is 8.65. The molecule has 0 bridgehead atoms. The van der Waals surface area contributed by atoms with Crippen molar-refractivity contribution >= 4 is 28.6 Å². The molecule has 0 fully saturated rings. The number of rotatable bonds is 17. The Labute approximate surface area is 286 Å². The van der Waals surface area contributed by atoms with Gasteiger partial charge in [-0.2, -0.15) is 0 Å². The number of fused-ring (bicyclic) bond motifs is 1. The number of unbranched alkanes of at least 4 members (excludes halogenated alkanes) is 1. The van der Waals surface area contributed by atoms with Gasteiger partial charge in [0.15, 0.2) is 0 Å². The highest BCUT2D eigenvalue weighted by Crippen LogP contribution is 2.24. The maximum atomic E-state index is 13.3. The molecule has 0 spiro atoms. The second-order valence-electron chi connectivity index (χ2n) is 12.0. The lowest BCUT2D eigenvalue weighted by Gasteiger charge is -2.23. The van der Waals surface area contributed by atoms with Gasteiger partial charge in [0, 0.05) is 60.0 Å². The fourth-order valence-corrected chi connectivity index (χ4v) is 5.78. The van der Waals surface area contributed by atoms with Gasteiger partial charge < -0.3 is 19.9 Å². The second-order valence-corrected chi connectivity index (χ2v) is 12.0. The lowest BCUT2D eigenvalue weighted by Crippen LogP contribution is -2.36. The third-order valence-corrected chi connectivity index (χ3v) is 8.50. The van der Waals surface area contributed by atoms with E-state index in [1.807, 2.05) is 83.8 Å². The van der Waals surface area contributed by atoms with E-state index in [2.05, 4.69) is 34.3 Å². The smallest absolute Gasteiger partial charge is 0.243 e. The zero-order chi connectivity index (χ0) is 34.4. The van der Waals surface area contributed by atoms with Gasteiger partial charge in [-0.25, -0.2) is 5.48 Å². The third-order valence-electron chi connectivity index (χ3n) is 8.50. The monoisotopic (exact) mass is 661 g/mol. The zero-order valence-corrected chi connectivity index (χ0v) is 27.8. The van der Waals surface area contributed by atoms with Crippen LogP contribution in [0.15, 0.2) is 97.2 Å². The van der Waals surface area contributed by atoms with E-state index in [9.17, 15) is 14.4 Å². The Bertz CT molecular complexity index is 1820. The van der Waals surface area contributed by atoms with E-state index >= 15 is 0 Å². The lowest BCUT2D eigenvalue weighted by molar-refractivity contribution is -0.132. The number of para-hydroxylation sites is 1.